The normalized spacial score (nSPS) is 11.8. The Morgan fingerprint density at radius 3 is 2.47 bits per heavy atom. The number of hydrogen-bond donors (Lipinski definition) is 0. The minimum atomic E-state index is -3.51. The van der Waals surface area contributed by atoms with Crippen LogP contribution in [-0.2, 0) is 14.8 Å². The Labute approximate surface area is 91.3 Å². The summed E-state index contributed by atoms with van der Waals surface area (Å²) < 4.78 is 21.7. The number of aromatic nitrogens is 2. The van der Waals surface area contributed by atoms with Gasteiger partial charge in [-0.05, 0) is 11.6 Å². The third kappa shape index (κ3) is 2.64. The Balaban J connectivity index is 2.48. The first-order valence-corrected chi connectivity index (χ1v) is 6.64. The molecular weight excluding hydrogens is 236 g/mol. The lowest BCUT2D eigenvalue weighted by atomic mass is 10.1. The van der Waals surface area contributed by atoms with E-state index in [4.69, 9.17) is 10.7 Å². The molecule has 4 nitrogen and oxygen atoms in total. The van der Waals surface area contributed by atoms with Gasteiger partial charge in [0.2, 0.25) is 9.05 Å². The SMILES string of the molecule is O=S(=O)(Cl)Cc1ccc2cnncc2c1. The van der Waals surface area contributed by atoms with Crippen LogP contribution < -0.4 is 0 Å². The molecule has 0 fully saturated rings. The molecule has 0 aliphatic rings. The van der Waals surface area contributed by atoms with Crippen LogP contribution in [0.5, 0.6) is 0 Å². The van der Waals surface area contributed by atoms with Crippen LogP contribution in [0.3, 0.4) is 0 Å². The zero-order chi connectivity index (χ0) is 10.9. The van der Waals surface area contributed by atoms with Crippen LogP contribution in [-0.4, -0.2) is 18.6 Å². The van der Waals surface area contributed by atoms with E-state index in [1.165, 1.54) is 0 Å². The summed E-state index contributed by atoms with van der Waals surface area (Å²) in [5, 5.41) is 9.21. The quantitative estimate of drug-likeness (QED) is 0.752. The van der Waals surface area contributed by atoms with Crippen molar-refractivity contribution in [1.82, 2.24) is 10.2 Å². The molecule has 0 saturated carbocycles. The van der Waals surface area contributed by atoms with Crippen molar-refractivity contribution in [2.45, 2.75) is 5.75 Å². The Hall–Kier alpha value is -1.20. The summed E-state index contributed by atoms with van der Waals surface area (Å²) in [5.41, 5.74) is 0.644. The maximum absolute atomic E-state index is 10.9. The molecule has 1 aromatic carbocycles. The molecule has 0 aliphatic carbocycles. The van der Waals surface area contributed by atoms with Crippen LogP contribution in [0.4, 0.5) is 0 Å². The van der Waals surface area contributed by atoms with Crippen molar-refractivity contribution in [3.8, 4) is 0 Å². The summed E-state index contributed by atoms with van der Waals surface area (Å²) in [6.45, 7) is 0. The Kier molecular flexibility index (Phi) is 2.58. The van der Waals surface area contributed by atoms with Gasteiger partial charge in [0, 0.05) is 21.5 Å². The highest BCUT2D eigenvalue weighted by Crippen LogP contribution is 2.16. The van der Waals surface area contributed by atoms with E-state index in [1.54, 1.807) is 30.6 Å². The van der Waals surface area contributed by atoms with Gasteiger partial charge >= 0.3 is 0 Å². The van der Waals surface area contributed by atoms with Crippen molar-refractivity contribution in [2.24, 2.45) is 0 Å². The van der Waals surface area contributed by atoms with Crippen LogP contribution >= 0.6 is 10.7 Å². The highest BCUT2D eigenvalue weighted by Gasteiger charge is 2.07. The third-order valence-corrected chi connectivity index (χ3v) is 2.96. The van der Waals surface area contributed by atoms with Crippen molar-refractivity contribution < 1.29 is 8.42 Å². The molecule has 0 bridgehead atoms. The summed E-state index contributed by atoms with van der Waals surface area (Å²) in [7, 11) is 1.65. The van der Waals surface area contributed by atoms with Crippen LogP contribution in [0.25, 0.3) is 10.8 Å². The molecule has 0 N–H and O–H groups in total. The second kappa shape index (κ2) is 3.75. The van der Waals surface area contributed by atoms with Crippen molar-refractivity contribution in [1.29, 1.82) is 0 Å². The molecular formula is C9H7ClN2O2S. The Bertz CT molecular complexity index is 598. The molecule has 15 heavy (non-hydrogen) atoms. The third-order valence-electron chi connectivity index (χ3n) is 1.95. The second-order valence-electron chi connectivity index (χ2n) is 3.14. The number of fused-ring (bicyclic) bond motifs is 1. The number of halogens is 1. The topological polar surface area (TPSA) is 59.9 Å². The lowest BCUT2D eigenvalue weighted by Crippen LogP contribution is -1.94. The van der Waals surface area contributed by atoms with Crippen LogP contribution in [0, 0.1) is 0 Å². The van der Waals surface area contributed by atoms with Gasteiger partial charge in [0.15, 0.2) is 0 Å². The first kappa shape index (κ1) is 10.3. The Morgan fingerprint density at radius 1 is 1.13 bits per heavy atom. The predicted octanol–water partition coefficient (Wildman–Crippen LogP) is 1.70. The van der Waals surface area contributed by atoms with E-state index in [0.717, 1.165) is 10.8 Å². The average Bonchev–Trinajstić information content (AvgIpc) is 2.15. The average molecular weight is 243 g/mol. The highest BCUT2D eigenvalue weighted by molar-refractivity contribution is 8.13. The molecule has 0 atom stereocenters. The lowest BCUT2D eigenvalue weighted by molar-refractivity contribution is 0.609. The lowest BCUT2D eigenvalue weighted by Gasteiger charge is -2.00. The number of rotatable bonds is 2. The molecule has 2 rings (SSSR count). The molecule has 0 radical (unpaired) electrons. The molecule has 1 aromatic heterocycles. The summed E-state index contributed by atoms with van der Waals surface area (Å²) >= 11 is 0. The van der Waals surface area contributed by atoms with Crippen molar-refractivity contribution in [3.05, 3.63) is 36.2 Å². The summed E-state index contributed by atoms with van der Waals surface area (Å²) in [5.74, 6) is -0.174. The standard InChI is InChI=1S/C9H7ClN2O2S/c10-15(13,14)6-7-1-2-8-4-11-12-5-9(8)3-7/h1-5H,6H2. The van der Waals surface area contributed by atoms with E-state index < -0.39 is 9.05 Å². The van der Waals surface area contributed by atoms with Gasteiger partial charge in [0.05, 0.1) is 18.1 Å². The Morgan fingerprint density at radius 2 is 1.80 bits per heavy atom. The van der Waals surface area contributed by atoms with Crippen molar-refractivity contribution in [3.63, 3.8) is 0 Å². The van der Waals surface area contributed by atoms with E-state index in [2.05, 4.69) is 10.2 Å². The van der Waals surface area contributed by atoms with Gasteiger partial charge in [-0.2, -0.15) is 10.2 Å². The van der Waals surface area contributed by atoms with Gasteiger partial charge in [-0.15, -0.1) is 0 Å². The first-order valence-electron chi connectivity index (χ1n) is 4.16. The number of hydrogen-bond acceptors (Lipinski definition) is 4. The smallest absolute Gasteiger partial charge is 0.212 e. The fourth-order valence-corrected chi connectivity index (χ4v) is 2.29. The molecule has 0 saturated heterocycles. The molecule has 78 valence electrons. The zero-order valence-corrected chi connectivity index (χ0v) is 9.16. The van der Waals surface area contributed by atoms with Crippen LogP contribution in [0.1, 0.15) is 5.56 Å². The predicted molar refractivity (Wildman–Crippen MR) is 58.0 cm³/mol. The number of nitrogens with zero attached hydrogens (tertiary/aromatic N) is 2. The minimum absolute atomic E-state index is 0.174. The molecule has 1 heterocycles. The highest BCUT2D eigenvalue weighted by atomic mass is 35.7. The van der Waals surface area contributed by atoms with Gasteiger partial charge < -0.3 is 0 Å². The maximum atomic E-state index is 10.9. The summed E-state index contributed by atoms with van der Waals surface area (Å²) in [6, 6.07) is 5.25. The number of benzene rings is 1. The molecule has 0 unspecified atom stereocenters. The van der Waals surface area contributed by atoms with E-state index in [-0.39, 0.29) is 5.75 Å². The fraction of sp³-hybridized carbons (Fsp3) is 0.111. The van der Waals surface area contributed by atoms with Crippen molar-refractivity contribution in [2.75, 3.05) is 0 Å². The van der Waals surface area contributed by atoms with E-state index in [9.17, 15) is 8.42 Å². The monoisotopic (exact) mass is 242 g/mol. The van der Waals surface area contributed by atoms with Gasteiger partial charge in [0.1, 0.15) is 0 Å². The van der Waals surface area contributed by atoms with E-state index in [1.807, 2.05) is 0 Å². The van der Waals surface area contributed by atoms with Gasteiger partial charge in [-0.25, -0.2) is 8.42 Å². The molecule has 0 amide bonds. The summed E-state index contributed by atoms with van der Waals surface area (Å²) in [6.07, 6.45) is 3.20. The molecule has 6 heteroatoms. The van der Waals surface area contributed by atoms with Gasteiger partial charge in [-0.1, -0.05) is 12.1 Å². The van der Waals surface area contributed by atoms with Crippen LogP contribution in [0.2, 0.25) is 0 Å². The van der Waals surface area contributed by atoms with E-state index >= 15 is 0 Å². The molecule has 2 aromatic rings. The van der Waals surface area contributed by atoms with Crippen molar-refractivity contribution >= 4 is 30.5 Å². The first-order chi connectivity index (χ1) is 7.04. The molecule has 0 spiro atoms. The fourth-order valence-electron chi connectivity index (χ4n) is 1.33. The second-order valence-corrected chi connectivity index (χ2v) is 5.91. The summed E-state index contributed by atoms with van der Waals surface area (Å²) in [4.78, 5) is 0. The minimum Gasteiger partial charge on any atom is -0.212 e. The van der Waals surface area contributed by atoms with Gasteiger partial charge in [0.25, 0.3) is 0 Å². The van der Waals surface area contributed by atoms with Gasteiger partial charge in [-0.3, -0.25) is 0 Å². The molecule has 0 aliphatic heterocycles. The largest absolute Gasteiger partial charge is 0.236 e. The van der Waals surface area contributed by atoms with E-state index in [0.29, 0.717) is 5.56 Å². The maximum Gasteiger partial charge on any atom is 0.236 e. The zero-order valence-electron chi connectivity index (χ0n) is 7.59. The van der Waals surface area contributed by atoms with Crippen LogP contribution in [0.15, 0.2) is 30.6 Å².